The Morgan fingerprint density at radius 3 is 2.48 bits per heavy atom. The van der Waals surface area contributed by atoms with Crippen molar-refractivity contribution in [3.63, 3.8) is 0 Å². The second-order valence-corrected chi connectivity index (χ2v) is 7.23. The SMILES string of the molecule is COC(C)(CNC(=O)C(=O)NC1CCCCCC1)c1cccc(Cl)c1. The van der Waals surface area contributed by atoms with E-state index in [2.05, 4.69) is 10.6 Å². The quantitative estimate of drug-likeness (QED) is 0.621. The number of halogens is 1. The molecule has 5 nitrogen and oxygen atoms in total. The van der Waals surface area contributed by atoms with Crippen LogP contribution in [0, 0.1) is 0 Å². The van der Waals surface area contributed by atoms with E-state index in [0.717, 1.165) is 31.2 Å². The fraction of sp³-hybridized carbons (Fsp3) is 0.579. The molecule has 2 rings (SSSR count). The van der Waals surface area contributed by atoms with Crippen molar-refractivity contribution in [1.82, 2.24) is 10.6 Å². The Morgan fingerprint density at radius 2 is 1.88 bits per heavy atom. The second kappa shape index (κ2) is 9.20. The Balaban J connectivity index is 1.91. The fourth-order valence-electron chi connectivity index (χ4n) is 3.11. The molecule has 2 amide bonds. The molecule has 0 aromatic heterocycles. The predicted molar refractivity (Wildman–Crippen MR) is 98.5 cm³/mol. The Kier molecular flexibility index (Phi) is 7.26. The normalized spacial score (nSPS) is 18.0. The standard InChI is InChI=1S/C19H27ClN2O3/c1-19(25-2,14-8-7-9-15(20)12-14)13-21-17(23)18(24)22-16-10-5-3-4-6-11-16/h7-9,12,16H,3-6,10-11,13H2,1-2H3,(H,21,23)(H,22,24). The van der Waals surface area contributed by atoms with Crippen molar-refractivity contribution in [3.8, 4) is 0 Å². The highest BCUT2D eigenvalue weighted by Crippen LogP contribution is 2.26. The van der Waals surface area contributed by atoms with Gasteiger partial charge in [0.15, 0.2) is 0 Å². The molecule has 0 heterocycles. The molecule has 1 aromatic carbocycles. The van der Waals surface area contributed by atoms with Crippen LogP contribution < -0.4 is 10.6 Å². The van der Waals surface area contributed by atoms with Crippen LogP contribution in [0.15, 0.2) is 24.3 Å². The van der Waals surface area contributed by atoms with Crippen molar-refractivity contribution in [1.29, 1.82) is 0 Å². The number of nitrogens with one attached hydrogen (secondary N) is 2. The van der Waals surface area contributed by atoms with Crippen molar-refractivity contribution < 1.29 is 14.3 Å². The molecule has 0 aliphatic heterocycles. The van der Waals surface area contributed by atoms with Crippen molar-refractivity contribution in [3.05, 3.63) is 34.9 Å². The third kappa shape index (κ3) is 5.72. The lowest BCUT2D eigenvalue weighted by molar-refractivity contribution is -0.140. The molecule has 138 valence electrons. The summed E-state index contributed by atoms with van der Waals surface area (Å²) in [5.41, 5.74) is 0.0790. The minimum absolute atomic E-state index is 0.0995. The molecule has 25 heavy (non-hydrogen) atoms. The van der Waals surface area contributed by atoms with E-state index >= 15 is 0 Å². The first-order valence-electron chi connectivity index (χ1n) is 8.84. The molecule has 1 aliphatic rings. The van der Waals surface area contributed by atoms with Gasteiger partial charge in [-0.1, -0.05) is 49.4 Å². The molecule has 6 heteroatoms. The van der Waals surface area contributed by atoms with Crippen LogP contribution in [0.3, 0.4) is 0 Å². The molecule has 1 unspecified atom stereocenters. The molecule has 1 fully saturated rings. The number of carbonyl (C=O) groups is 2. The Morgan fingerprint density at radius 1 is 1.20 bits per heavy atom. The first-order valence-corrected chi connectivity index (χ1v) is 9.22. The monoisotopic (exact) mass is 366 g/mol. The molecule has 2 N–H and O–H groups in total. The van der Waals surface area contributed by atoms with Gasteiger partial charge in [0.2, 0.25) is 0 Å². The van der Waals surface area contributed by atoms with E-state index in [-0.39, 0.29) is 12.6 Å². The number of rotatable bonds is 5. The second-order valence-electron chi connectivity index (χ2n) is 6.79. The Bertz CT molecular complexity index is 600. The van der Waals surface area contributed by atoms with Crippen LogP contribution in [-0.4, -0.2) is 31.5 Å². The van der Waals surface area contributed by atoms with Crippen LogP contribution in [0.1, 0.15) is 51.0 Å². The Labute approximate surface area is 154 Å². The van der Waals surface area contributed by atoms with Gasteiger partial charge in [-0.3, -0.25) is 9.59 Å². The zero-order valence-corrected chi connectivity index (χ0v) is 15.7. The summed E-state index contributed by atoms with van der Waals surface area (Å²) >= 11 is 6.04. The molecular weight excluding hydrogens is 340 g/mol. The van der Waals surface area contributed by atoms with E-state index in [4.69, 9.17) is 16.3 Å². The highest BCUT2D eigenvalue weighted by Gasteiger charge is 2.29. The van der Waals surface area contributed by atoms with Crippen molar-refractivity contribution >= 4 is 23.4 Å². The molecule has 1 saturated carbocycles. The van der Waals surface area contributed by atoms with Gasteiger partial charge < -0.3 is 15.4 Å². The summed E-state index contributed by atoms with van der Waals surface area (Å²) in [6, 6.07) is 7.38. The summed E-state index contributed by atoms with van der Waals surface area (Å²) in [6.07, 6.45) is 6.48. The van der Waals surface area contributed by atoms with Crippen LogP contribution >= 0.6 is 11.6 Å². The maximum atomic E-state index is 12.2. The van der Waals surface area contributed by atoms with E-state index in [1.54, 1.807) is 19.2 Å². The van der Waals surface area contributed by atoms with Crippen LogP contribution in [-0.2, 0) is 19.9 Å². The van der Waals surface area contributed by atoms with Crippen molar-refractivity contribution in [2.24, 2.45) is 0 Å². The van der Waals surface area contributed by atoms with E-state index < -0.39 is 17.4 Å². The molecule has 0 saturated heterocycles. The number of hydrogen-bond acceptors (Lipinski definition) is 3. The zero-order chi connectivity index (χ0) is 18.3. The first-order chi connectivity index (χ1) is 11.9. The molecular formula is C19H27ClN2O3. The smallest absolute Gasteiger partial charge is 0.309 e. The minimum atomic E-state index is -0.761. The largest absolute Gasteiger partial charge is 0.372 e. The van der Waals surface area contributed by atoms with E-state index in [9.17, 15) is 9.59 Å². The highest BCUT2D eigenvalue weighted by atomic mass is 35.5. The lowest BCUT2D eigenvalue weighted by Gasteiger charge is -2.29. The summed E-state index contributed by atoms with van der Waals surface area (Å²) in [5, 5.41) is 6.12. The summed E-state index contributed by atoms with van der Waals surface area (Å²) in [6.45, 7) is 2.03. The average molecular weight is 367 g/mol. The van der Waals surface area contributed by atoms with Crippen LogP contribution in [0.5, 0.6) is 0 Å². The van der Waals surface area contributed by atoms with Gasteiger partial charge in [0.05, 0.1) is 6.54 Å². The molecule has 0 bridgehead atoms. The lowest BCUT2D eigenvalue weighted by Crippen LogP contribution is -2.48. The van der Waals surface area contributed by atoms with E-state index in [1.807, 2.05) is 19.1 Å². The van der Waals surface area contributed by atoms with E-state index in [1.165, 1.54) is 12.8 Å². The number of amides is 2. The van der Waals surface area contributed by atoms with Crippen LogP contribution in [0.25, 0.3) is 0 Å². The maximum absolute atomic E-state index is 12.2. The number of hydrogen-bond donors (Lipinski definition) is 2. The molecule has 0 radical (unpaired) electrons. The third-order valence-electron chi connectivity index (χ3n) is 4.87. The highest BCUT2D eigenvalue weighted by molar-refractivity contribution is 6.35. The van der Waals surface area contributed by atoms with Crippen LogP contribution in [0.4, 0.5) is 0 Å². The topological polar surface area (TPSA) is 67.4 Å². The van der Waals surface area contributed by atoms with Gasteiger partial charge in [-0.25, -0.2) is 0 Å². The molecule has 1 aromatic rings. The third-order valence-corrected chi connectivity index (χ3v) is 5.10. The van der Waals surface area contributed by atoms with Crippen LogP contribution in [0.2, 0.25) is 5.02 Å². The summed E-state index contributed by atoms with van der Waals surface area (Å²) in [7, 11) is 1.57. The predicted octanol–water partition coefficient (Wildman–Crippen LogP) is 3.16. The Hall–Kier alpha value is -1.59. The number of methoxy groups -OCH3 is 1. The van der Waals surface area contributed by atoms with E-state index in [0.29, 0.717) is 5.02 Å². The summed E-state index contributed by atoms with van der Waals surface area (Å²) in [4.78, 5) is 24.3. The molecule has 0 spiro atoms. The van der Waals surface area contributed by atoms with Crippen molar-refractivity contribution in [2.45, 2.75) is 57.1 Å². The molecule has 1 atom stereocenters. The maximum Gasteiger partial charge on any atom is 0.309 e. The van der Waals surface area contributed by atoms with Gasteiger partial charge in [-0.05, 0) is 37.5 Å². The summed E-state index contributed by atoms with van der Waals surface area (Å²) < 4.78 is 5.57. The van der Waals surface area contributed by atoms with Gasteiger partial charge >= 0.3 is 11.8 Å². The van der Waals surface area contributed by atoms with Gasteiger partial charge in [0, 0.05) is 18.2 Å². The number of ether oxygens (including phenoxy) is 1. The van der Waals surface area contributed by atoms with Gasteiger partial charge in [0.1, 0.15) is 5.60 Å². The lowest BCUT2D eigenvalue weighted by atomic mass is 9.95. The van der Waals surface area contributed by atoms with Gasteiger partial charge in [-0.2, -0.15) is 0 Å². The van der Waals surface area contributed by atoms with Gasteiger partial charge in [0.25, 0.3) is 0 Å². The summed E-state index contributed by atoms with van der Waals surface area (Å²) in [5.74, 6) is -1.20. The fourth-order valence-corrected chi connectivity index (χ4v) is 3.30. The zero-order valence-electron chi connectivity index (χ0n) is 14.9. The van der Waals surface area contributed by atoms with Crippen molar-refractivity contribution in [2.75, 3.05) is 13.7 Å². The van der Waals surface area contributed by atoms with Gasteiger partial charge in [-0.15, -0.1) is 0 Å². The average Bonchev–Trinajstić information content (AvgIpc) is 2.88. The number of benzene rings is 1. The number of carbonyl (C=O) groups excluding carboxylic acids is 2. The first kappa shape index (κ1) is 19.7. The minimum Gasteiger partial charge on any atom is -0.372 e. The molecule has 1 aliphatic carbocycles.